The van der Waals surface area contributed by atoms with Gasteiger partial charge in [-0.2, -0.15) is 0 Å². The molecule has 0 aromatic carbocycles. The van der Waals surface area contributed by atoms with Gasteiger partial charge in [0.15, 0.2) is 0 Å². The van der Waals surface area contributed by atoms with Crippen LogP contribution in [0, 0.1) is 0 Å². The zero-order valence-electron chi connectivity index (χ0n) is 7.92. The number of imidazole rings is 1. The van der Waals surface area contributed by atoms with Crippen LogP contribution in [0.2, 0.25) is 0 Å². The summed E-state index contributed by atoms with van der Waals surface area (Å²) in [6.45, 7) is 1.91. The molecule has 14 heavy (non-hydrogen) atoms. The minimum absolute atomic E-state index is 0.0730. The fourth-order valence-electron chi connectivity index (χ4n) is 1.62. The lowest BCUT2D eigenvalue weighted by Crippen LogP contribution is -2.45. The molecule has 0 spiro atoms. The fraction of sp³-hybridized carbons (Fsp3) is 0.556. The number of hydrogen-bond donors (Lipinski definition) is 3. The molecule has 1 unspecified atom stereocenters. The largest absolute Gasteiger partial charge is 0.347 e. The lowest BCUT2D eigenvalue weighted by Gasteiger charge is -2.23. The number of piperidine rings is 1. The summed E-state index contributed by atoms with van der Waals surface area (Å²) in [5.74, 6) is -0.0730. The van der Waals surface area contributed by atoms with E-state index >= 15 is 0 Å². The number of aromatic amines is 1. The van der Waals surface area contributed by atoms with E-state index in [0.717, 1.165) is 25.9 Å². The molecule has 1 aromatic rings. The van der Waals surface area contributed by atoms with Gasteiger partial charge in [0, 0.05) is 12.6 Å². The molecule has 0 aliphatic carbocycles. The first kappa shape index (κ1) is 9.21. The molecule has 1 aromatic heterocycles. The summed E-state index contributed by atoms with van der Waals surface area (Å²) in [7, 11) is 0. The first-order chi connectivity index (χ1) is 6.86. The Kier molecular flexibility index (Phi) is 2.78. The predicted molar refractivity (Wildman–Crippen MR) is 51.9 cm³/mol. The van der Waals surface area contributed by atoms with E-state index in [1.54, 1.807) is 0 Å². The molecule has 1 fully saturated rings. The van der Waals surface area contributed by atoms with Crippen molar-refractivity contribution in [2.24, 2.45) is 0 Å². The summed E-state index contributed by atoms with van der Waals surface area (Å²) >= 11 is 0. The van der Waals surface area contributed by atoms with Crippen molar-refractivity contribution in [3.63, 3.8) is 0 Å². The van der Waals surface area contributed by atoms with E-state index in [0.29, 0.717) is 5.69 Å². The van der Waals surface area contributed by atoms with E-state index in [2.05, 4.69) is 20.6 Å². The topological polar surface area (TPSA) is 69.8 Å². The standard InChI is InChI=1S/C9H14N4O/c14-9(8-5-11-6-12-8)13-7-2-1-3-10-4-7/h5-7,10H,1-4H2,(H,11,12)(H,13,14). The van der Waals surface area contributed by atoms with Crippen molar-refractivity contribution in [1.82, 2.24) is 20.6 Å². The van der Waals surface area contributed by atoms with Crippen molar-refractivity contribution in [3.8, 4) is 0 Å². The van der Waals surface area contributed by atoms with Gasteiger partial charge in [-0.05, 0) is 19.4 Å². The highest BCUT2D eigenvalue weighted by molar-refractivity contribution is 5.92. The van der Waals surface area contributed by atoms with Crippen molar-refractivity contribution in [2.45, 2.75) is 18.9 Å². The zero-order valence-corrected chi connectivity index (χ0v) is 7.92. The summed E-state index contributed by atoms with van der Waals surface area (Å²) in [4.78, 5) is 18.2. The minimum atomic E-state index is -0.0730. The lowest BCUT2D eigenvalue weighted by molar-refractivity contribution is 0.0926. The lowest BCUT2D eigenvalue weighted by atomic mass is 10.1. The second kappa shape index (κ2) is 4.23. The van der Waals surface area contributed by atoms with Crippen LogP contribution >= 0.6 is 0 Å². The van der Waals surface area contributed by atoms with Crippen LogP contribution < -0.4 is 10.6 Å². The van der Waals surface area contributed by atoms with Gasteiger partial charge in [0.1, 0.15) is 5.69 Å². The monoisotopic (exact) mass is 194 g/mol. The van der Waals surface area contributed by atoms with Crippen LogP contribution in [0.25, 0.3) is 0 Å². The smallest absolute Gasteiger partial charge is 0.269 e. The first-order valence-electron chi connectivity index (χ1n) is 4.86. The molecule has 1 saturated heterocycles. The Morgan fingerprint density at radius 3 is 3.21 bits per heavy atom. The van der Waals surface area contributed by atoms with Crippen LogP contribution in [0.4, 0.5) is 0 Å². The SMILES string of the molecule is O=C(NC1CCCNC1)c1cnc[nH]1. The third kappa shape index (κ3) is 2.11. The Balaban J connectivity index is 1.87. The molecule has 1 aliphatic rings. The van der Waals surface area contributed by atoms with Crippen molar-refractivity contribution < 1.29 is 4.79 Å². The maximum atomic E-state index is 11.6. The van der Waals surface area contributed by atoms with E-state index in [4.69, 9.17) is 0 Å². The van der Waals surface area contributed by atoms with Crippen LogP contribution in [0.1, 0.15) is 23.3 Å². The van der Waals surface area contributed by atoms with Crippen molar-refractivity contribution in [2.75, 3.05) is 13.1 Å². The quantitative estimate of drug-likeness (QED) is 0.615. The van der Waals surface area contributed by atoms with E-state index in [9.17, 15) is 4.79 Å². The molecule has 1 amide bonds. The number of nitrogens with one attached hydrogen (secondary N) is 3. The van der Waals surface area contributed by atoms with Gasteiger partial charge >= 0.3 is 0 Å². The maximum absolute atomic E-state index is 11.6. The highest BCUT2D eigenvalue weighted by Gasteiger charge is 2.16. The van der Waals surface area contributed by atoms with Crippen LogP contribution in [0.3, 0.4) is 0 Å². The molecule has 5 heteroatoms. The fourth-order valence-corrected chi connectivity index (χ4v) is 1.62. The molecule has 1 aliphatic heterocycles. The van der Waals surface area contributed by atoms with Crippen LogP contribution in [0.5, 0.6) is 0 Å². The molecule has 0 saturated carbocycles. The number of H-pyrrole nitrogens is 1. The molecule has 2 rings (SSSR count). The Morgan fingerprint density at radius 2 is 2.57 bits per heavy atom. The van der Waals surface area contributed by atoms with Gasteiger partial charge in [0.05, 0.1) is 12.5 Å². The average molecular weight is 194 g/mol. The number of nitrogens with zero attached hydrogens (tertiary/aromatic N) is 1. The van der Waals surface area contributed by atoms with Crippen molar-refractivity contribution in [3.05, 3.63) is 18.2 Å². The molecule has 0 bridgehead atoms. The van der Waals surface area contributed by atoms with E-state index in [1.165, 1.54) is 12.5 Å². The van der Waals surface area contributed by atoms with Gasteiger partial charge in [0.2, 0.25) is 0 Å². The number of carbonyl (C=O) groups is 1. The summed E-state index contributed by atoms with van der Waals surface area (Å²) < 4.78 is 0. The average Bonchev–Trinajstić information content (AvgIpc) is 2.72. The van der Waals surface area contributed by atoms with Gasteiger partial charge in [-0.15, -0.1) is 0 Å². The Labute approximate surface area is 82.3 Å². The Bertz CT molecular complexity index is 290. The third-order valence-corrected chi connectivity index (χ3v) is 2.37. The van der Waals surface area contributed by atoms with Gasteiger partial charge in [-0.3, -0.25) is 4.79 Å². The van der Waals surface area contributed by atoms with Crippen LogP contribution in [0.15, 0.2) is 12.5 Å². The molecular formula is C9H14N4O. The molecule has 5 nitrogen and oxygen atoms in total. The summed E-state index contributed by atoms with van der Waals surface area (Å²) in [5, 5.41) is 6.19. The zero-order chi connectivity index (χ0) is 9.80. The summed E-state index contributed by atoms with van der Waals surface area (Å²) in [5.41, 5.74) is 0.524. The number of hydrogen-bond acceptors (Lipinski definition) is 3. The maximum Gasteiger partial charge on any atom is 0.269 e. The number of amides is 1. The molecule has 0 radical (unpaired) electrons. The second-order valence-corrected chi connectivity index (χ2v) is 3.48. The normalized spacial score (nSPS) is 21.9. The molecule has 1 atom stereocenters. The Morgan fingerprint density at radius 1 is 1.64 bits per heavy atom. The van der Waals surface area contributed by atoms with E-state index < -0.39 is 0 Å². The van der Waals surface area contributed by atoms with Crippen molar-refractivity contribution >= 4 is 5.91 Å². The van der Waals surface area contributed by atoms with Gasteiger partial charge in [-0.25, -0.2) is 4.98 Å². The van der Waals surface area contributed by atoms with Gasteiger partial charge in [0.25, 0.3) is 5.91 Å². The molecule has 2 heterocycles. The van der Waals surface area contributed by atoms with E-state index in [1.807, 2.05) is 0 Å². The number of aromatic nitrogens is 2. The first-order valence-corrected chi connectivity index (χ1v) is 4.86. The minimum Gasteiger partial charge on any atom is -0.347 e. The summed E-state index contributed by atoms with van der Waals surface area (Å²) in [6, 6.07) is 0.250. The second-order valence-electron chi connectivity index (χ2n) is 3.48. The van der Waals surface area contributed by atoms with Gasteiger partial charge in [-0.1, -0.05) is 0 Å². The molecule has 76 valence electrons. The Hall–Kier alpha value is -1.36. The van der Waals surface area contributed by atoms with E-state index in [-0.39, 0.29) is 11.9 Å². The molecule has 3 N–H and O–H groups in total. The predicted octanol–water partition coefficient (Wildman–Crippen LogP) is -0.109. The highest BCUT2D eigenvalue weighted by Crippen LogP contribution is 2.02. The highest BCUT2D eigenvalue weighted by atomic mass is 16.2. The van der Waals surface area contributed by atoms with Crippen LogP contribution in [-0.2, 0) is 0 Å². The molecular weight excluding hydrogens is 180 g/mol. The number of carbonyl (C=O) groups excluding carboxylic acids is 1. The number of rotatable bonds is 2. The third-order valence-electron chi connectivity index (χ3n) is 2.37. The summed E-state index contributed by atoms with van der Waals surface area (Å²) in [6.07, 6.45) is 5.21. The van der Waals surface area contributed by atoms with Gasteiger partial charge < -0.3 is 15.6 Å². The van der Waals surface area contributed by atoms with Crippen molar-refractivity contribution in [1.29, 1.82) is 0 Å². The van der Waals surface area contributed by atoms with Crippen LogP contribution in [-0.4, -0.2) is 35.0 Å².